The molecular formula is C13H18ClNO. The fourth-order valence-corrected chi connectivity index (χ4v) is 2.73. The summed E-state index contributed by atoms with van der Waals surface area (Å²) in [7, 11) is 0. The normalized spacial score (nSPS) is 20.4. The van der Waals surface area contributed by atoms with Gasteiger partial charge in [-0.15, -0.1) is 0 Å². The van der Waals surface area contributed by atoms with E-state index in [0.717, 1.165) is 24.2 Å². The lowest BCUT2D eigenvalue weighted by molar-refractivity contribution is 0.282. The van der Waals surface area contributed by atoms with Crippen LogP contribution in [0.5, 0.6) is 0 Å². The fourth-order valence-electron chi connectivity index (χ4n) is 2.54. The number of aliphatic hydroxyl groups is 1. The van der Waals surface area contributed by atoms with Crippen molar-refractivity contribution < 1.29 is 5.11 Å². The summed E-state index contributed by atoms with van der Waals surface area (Å²) in [5.41, 5.74) is 2.09. The third-order valence-corrected chi connectivity index (χ3v) is 3.60. The molecule has 0 amide bonds. The van der Waals surface area contributed by atoms with Crippen LogP contribution in [0.4, 0.5) is 5.69 Å². The first-order chi connectivity index (χ1) is 7.76. The van der Waals surface area contributed by atoms with E-state index in [1.807, 2.05) is 18.2 Å². The highest BCUT2D eigenvalue weighted by Gasteiger charge is 2.24. The first-order valence-corrected chi connectivity index (χ1v) is 6.30. The van der Waals surface area contributed by atoms with Crippen molar-refractivity contribution in [2.24, 2.45) is 0 Å². The van der Waals surface area contributed by atoms with Crippen LogP contribution in [0.25, 0.3) is 0 Å². The van der Waals surface area contributed by atoms with E-state index in [1.165, 1.54) is 12.8 Å². The summed E-state index contributed by atoms with van der Waals surface area (Å²) in [4.78, 5) is 2.40. The van der Waals surface area contributed by atoms with Crippen molar-refractivity contribution in [3.8, 4) is 0 Å². The van der Waals surface area contributed by atoms with E-state index in [-0.39, 0.29) is 6.61 Å². The van der Waals surface area contributed by atoms with Crippen LogP contribution in [-0.4, -0.2) is 17.7 Å². The highest BCUT2D eigenvalue weighted by atomic mass is 35.5. The van der Waals surface area contributed by atoms with Gasteiger partial charge >= 0.3 is 0 Å². The minimum atomic E-state index is 0.0584. The molecule has 1 atom stereocenters. The lowest BCUT2D eigenvalue weighted by Gasteiger charge is -2.28. The summed E-state index contributed by atoms with van der Waals surface area (Å²) >= 11 is 5.94. The lowest BCUT2D eigenvalue weighted by atomic mass is 10.1. The quantitative estimate of drug-likeness (QED) is 0.876. The Hall–Kier alpha value is -0.730. The molecule has 0 radical (unpaired) electrons. The van der Waals surface area contributed by atoms with Gasteiger partial charge < -0.3 is 10.0 Å². The zero-order valence-electron chi connectivity index (χ0n) is 9.62. The average Bonchev–Trinajstić information content (AvgIpc) is 2.76. The Morgan fingerprint density at radius 2 is 2.31 bits per heavy atom. The Kier molecular flexibility index (Phi) is 3.72. The van der Waals surface area contributed by atoms with Gasteiger partial charge in [-0.3, -0.25) is 0 Å². The smallest absolute Gasteiger partial charge is 0.0702 e. The van der Waals surface area contributed by atoms with E-state index >= 15 is 0 Å². The second kappa shape index (κ2) is 5.07. The molecule has 3 heteroatoms. The molecule has 1 heterocycles. The molecule has 0 saturated carbocycles. The van der Waals surface area contributed by atoms with Gasteiger partial charge in [-0.05, 0) is 37.5 Å². The van der Waals surface area contributed by atoms with Crippen molar-refractivity contribution in [1.82, 2.24) is 0 Å². The summed E-state index contributed by atoms with van der Waals surface area (Å²) in [5, 5.41) is 10.1. The summed E-state index contributed by atoms with van der Waals surface area (Å²) in [6.45, 7) is 3.37. The Morgan fingerprint density at radius 3 is 3.00 bits per heavy atom. The number of hydrogen-bond donors (Lipinski definition) is 1. The maximum Gasteiger partial charge on any atom is 0.0702 e. The van der Waals surface area contributed by atoms with E-state index in [9.17, 15) is 5.11 Å². The van der Waals surface area contributed by atoms with Crippen LogP contribution in [0.1, 0.15) is 31.7 Å². The number of nitrogens with zero attached hydrogens (tertiary/aromatic N) is 1. The maximum absolute atomic E-state index is 9.38. The Bertz CT molecular complexity index is 367. The van der Waals surface area contributed by atoms with Crippen LogP contribution in [0, 0.1) is 0 Å². The fraction of sp³-hybridized carbons (Fsp3) is 0.538. The molecule has 16 heavy (non-hydrogen) atoms. The Labute approximate surface area is 102 Å². The molecule has 1 saturated heterocycles. The van der Waals surface area contributed by atoms with E-state index < -0.39 is 0 Å². The van der Waals surface area contributed by atoms with Crippen LogP contribution in [0.2, 0.25) is 5.02 Å². The van der Waals surface area contributed by atoms with Gasteiger partial charge in [0.15, 0.2) is 0 Å². The van der Waals surface area contributed by atoms with Crippen molar-refractivity contribution in [1.29, 1.82) is 0 Å². The Morgan fingerprint density at radius 1 is 1.50 bits per heavy atom. The van der Waals surface area contributed by atoms with Crippen molar-refractivity contribution in [2.75, 3.05) is 11.4 Å². The molecule has 0 bridgehead atoms. The molecule has 1 aliphatic rings. The molecule has 0 aromatic heterocycles. The van der Waals surface area contributed by atoms with Gasteiger partial charge in [0.2, 0.25) is 0 Å². The van der Waals surface area contributed by atoms with Crippen molar-refractivity contribution in [3.63, 3.8) is 0 Å². The number of halogens is 1. The number of anilines is 1. The molecule has 0 aliphatic carbocycles. The van der Waals surface area contributed by atoms with Gasteiger partial charge in [-0.25, -0.2) is 0 Å². The molecule has 1 unspecified atom stereocenters. The van der Waals surface area contributed by atoms with Gasteiger partial charge in [0.25, 0.3) is 0 Å². The first-order valence-electron chi connectivity index (χ1n) is 5.92. The third kappa shape index (κ3) is 2.18. The predicted octanol–water partition coefficient (Wildman–Crippen LogP) is 3.21. The zero-order chi connectivity index (χ0) is 11.5. The van der Waals surface area contributed by atoms with Crippen LogP contribution in [0.15, 0.2) is 18.2 Å². The summed E-state index contributed by atoms with van der Waals surface area (Å²) in [6, 6.07) is 6.41. The highest BCUT2D eigenvalue weighted by Crippen LogP contribution is 2.31. The first kappa shape index (κ1) is 11.7. The van der Waals surface area contributed by atoms with Crippen LogP contribution in [0.3, 0.4) is 0 Å². The van der Waals surface area contributed by atoms with Gasteiger partial charge in [0.1, 0.15) is 0 Å². The SMILES string of the molecule is CCC1CCCN1c1ccc(Cl)cc1CO. The molecular weight excluding hydrogens is 222 g/mol. The monoisotopic (exact) mass is 239 g/mol. The van der Waals surface area contributed by atoms with E-state index in [1.54, 1.807) is 0 Å². The van der Waals surface area contributed by atoms with E-state index in [2.05, 4.69) is 11.8 Å². The van der Waals surface area contributed by atoms with Crippen molar-refractivity contribution in [3.05, 3.63) is 28.8 Å². The summed E-state index contributed by atoms with van der Waals surface area (Å²) in [5.74, 6) is 0. The molecule has 1 aromatic rings. The van der Waals surface area contributed by atoms with Crippen LogP contribution < -0.4 is 4.90 Å². The van der Waals surface area contributed by atoms with Crippen LogP contribution in [-0.2, 0) is 6.61 Å². The molecule has 1 fully saturated rings. The minimum Gasteiger partial charge on any atom is -0.392 e. The standard InChI is InChI=1S/C13H18ClNO/c1-2-12-4-3-7-15(12)13-6-5-11(14)8-10(13)9-16/h5-6,8,12,16H,2-4,7,9H2,1H3. The van der Waals surface area contributed by atoms with Gasteiger partial charge in [0.05, 0.1) is 6.61 Å². The predicted molar refractivity (Wildman–Crippen MR) is 68.0 cm³/mol. The molecule has 2 rings (SSSR count). The number of benzene rings is 1. The van der Waals surface area contributed by atoms with Gasteiger partial charge in [-0.1, -0.05) is 18.5 Å². The maximum atomic E-state index is 9.38. The Balaban J connectivity index is 2.31. The zero-order valence-corrected chi connectivity index (χ0v) is 10.4. The largest absolute Gasteiger partial charge is 0.392 e. The van der Waals surface area contributed by atoms with E-state index in [0.29, 0.717) is 11.1 Å². The second-order valence-corrected chi connectivity index (χ2v) is 4.77. The molecule has 1 aromatic carbocycles. The molecule has 88 valence electrons. The third-order valence-electron chi connectivity index (χ3n) is 3.37. The summed E-state index contributed by atoms with van der Waals surface area (Å²) in [6.07, 6.45) is 3.66. The van der Waals surface area contributed by atoms with Crippen LogP contribution >= 0.6 is 11.6 Å². The second-order valence-electron chi connectivity index (χ2n) is 4.33. The number of hydrogen-bond acceptors (Lipinski definition) is 2. The highest BCUT2D eigenvalue weighted by molar-refractivity contribution is 6.30. The number of aliphatic hydroxyl groups excluding tert-OH is 1. The molecule has 2 nitrogen and oxygen atoms in total. The minimum absolute atomic E-state index is 0.0584. The van der Waals surface area contributed by atoms with E-state index in [4.69, 9.17) is 11.6 Å². The topological polar surface area (TPSA) is 23.5 Å². The molecule has 0 spiro atoms. The summed E-state index contributed by atoms with van der Waals surface area (Å²) < 4.78 is 0. The lowest BCUT2D eigenvalue weighted by Crippen LogP contribution is -2.29. The molecule has 1 aliphatic heterocycles. The van der Waals surface area contributed by atoms with Gasteiger partial charge in [0, 0.05) is 28.9 Å². The average molecular weight is 240 g/mol. The van der Waals surface area contributed by atoms with Crippen molar-refractivity contribution in [2.45, 2.75) is 38.8 Å². The molecule has 1 N–H and O–H groups in total. The van der Waals surface area contributed by atoms with Gasteiger partial charge in [-0.2, -0.15) is 0 Å². The van der Waals surface area contributed by atoms with Crippen molar-refractivity contribution >= 4 is 17.3 Å². The number of rotatable bonds is 3.